The number of halogens is 2. The number of ether oxygens (including phenoxy) is 1. The third-order valence-electron chi connectivity index (χ3n) is 1.62. The lowest BCUT2D eigenvalue weighted by Crippen LogP contribution is -2.23. The van der Waals surface area contributed by atoms with Crippen molar-refractivity contribution < 1.29 is 13.5 Å². The minimum absolute atomic E-state index is 0.230. The molecule has 0 fully saturated rings. The lowest BCUT2D eigenvalue weighted by atomic mass is 10.5. The van der Waals surface area contributed by atoms with Crippen LogP contribution in [0, 0.1) is 0 Å². The molecule has 0 saturated carbocycles. The number of anilines is 2. The van der Waals surface area contributed by atoms with Crippen LogP contribution in [-0.4, -0.2) is 31.5 Å². The van der Waals surface area contributed by atoms with Gasteiger partial charge in [-0.1, -0.05) is 0 Å². The molecule has 0 amide bonds. The van der Waals surface area contributed by atoms with E-state index >= 15 is 0 Å². The first-order valence-electron chi connectivity index (χ1n) is 3.84. The van der Waals surface area contributed by atoms with E-state index in [0.717, 1.165) is 11.5 Å². The van der Waals surface area contributed by atoms with Gasteiger partial charge in [0.2, 0.25) is 0 Å². The Balaban J connectivity index is 2.83. The van der Waals surface area contributed by atoms with Gasteiger partial charge in [0.05, 0.1) is 13.7 Å². The number of nitrogens with zero attached hydrogens (tertiary/aromatic N) is 2. The van der Waals surface area contributed by atoms with Crippen molar-refractivity contribution >= 4 is 22.4 Å². The van der Waals surface area contributed by atoms with Crippen molar-refractivity contribution in [3.05, 3.63) is 0 Å². The number of nitrogen functional groups attached to an aromatic ring is 1. The van der Waals surface area contributed by atoms with Gasteiger partial charge in [-0.3, -0.25) is 0 Å². The van der Waals surface area contributed by atoms with E-state index in [1.807, 2.05) is 0 Å². The minimum atomic E-state index is -2.40. The Bertz CT molecular complexity index is 305. The van der Waals surface area contributed by atoms with Crippen LogP contribution < -0.4 is 15.4 Å². The van der Waals surface area contributed by atoms with E-state index in [-0.39, 0.29) is 12.4 Å². The highest BCUT2D eigenvalue weighted by molar-refractivity contribution is 7.11. The number of nitrogens with two attached hydrogens (primary N) is 1. The largest absolute Gasteiger partial charge is 0.490 e. The Hall–Kier alpha value is -1.11. The maximum atomic E-state index is 12.1. The van der Waals surface area contributed by atoms with Gasteiger partial charge >= 0.3 is 0 Å². The lowest BCUT2D eigenvalue weighted by molar-refractivity contribution is 0.156. The lowest BCUT2D eigenvalue weighted by Gasteiger charge is -2.16. The zero-order valence-corrected chi connectivity index (χ0v) is 8.65. The highest BCUT2D eigenvalue weighted by Crippen LogP contribution is 2.37. The van der Waals surface area contributed by atoms with Crippen LogP contribution in [0.5, 0.6) is 5.75 Å². The molecule has 1 rings (SSSR count). The fraction of sp³-hybridized carbons (Fsp3) is 0.571. The van der Waals surface area contributed by atoms with Crippen LogP contribution in [0.25, 0.3) is 0 Å². The molecule has 80 valence electrons. The van der Waals surface area contributed by atoms with Crippen molar-refractivity contribution in [2.75, 3.05) is 31.3 Å². The van der Waals surface area contributed by atoms with Crippen LogP contribution in [0.2, 0.25) is 0 Å². The summed E-state index contributed by atoms with van der Waals surface area (Å²) in [5.41, 5.74) is 5.48. The molecule has 14 heavy (non-hydrogen) atoms. The minimum Gasteiger partial charge on any atom is -0.490 e. The number of alkyl halides is 2. The van der Waals surface area contributed by atoms with Crippen LogP contribution >= 0.6 is 11.5 Å². The highest BCUT2D eigenvalue weighted by atomic mass is 32.1. The van der Waals surface area contributed by atoms with E-state index in [2.05, 4.69) is 4.37 Å². The van der Waals surface area contributed by atoms with E-state index in [9.17, 15) is 8.78 Å². The molecule has 0 saturated heterocycles. The highest BCUT2D eigenvalue weighted by Gasteiger charge is 2.18. The molecule has 0 bridgehead atoms. The normalized spacial score (nSPS) is 10.6. The zero-order valence-electron chi connectivity index (χ0n) is 7.83. The molecule has 0 unspecified atom stereocenters. The van der Waals surface area contributed by atoms with E-state index in [4.69, 9.17) is 10.5 Å². The molecular weight excluding hydrogens is 212 g/mol. The molecule has 1 heterocycles. The van der Waals surface area contributed by atoms with E-state index in [1.165, 1.54) is 12.0 Å². The summed E-state index contributed by atoms with van der Waals surface area (Å²) in [5.74, 6) is 0.590. The van der Waals surface area contributed by atoms with Crippen molar-refractivity contribution in [3.63, 3.8) is 0 Å². The second-order valence-corrected chi connectivity index (χ2v) is 3.43. The zero-order chi connectivity index (χ0) is 10.7. The predicted molar refractivity (Wildman–Crippen MR) is 52.4 cm³/mol. The molecule has 1 aromatic heterocycles. The second kappa shape index (κ2) is 4.41. The molecule has 0 aliphatic heterocycles. The SMILES string of the molecule is COc1c(N)nsc1N(C)CC(F)F. The summed E-state index contributed by atoms with van der Waals surface area (Å²) in [5, 5.41) is 0.519. The van der Waals surface area contributed by atoms with E-state index in [0.29, 0.717) is 10.8 Å². The Morgan fingerprint density at radius 3 is 2.79 bits per heavy atom. The second-order valence-electron chi connectivity index (χ2n) is 2.68. The standard InChI is InChI=1S/C7H11F2N3OS/c1-12(3-4(8)9)7-5(13-2)6(10)11-14-7/h4H,3H2,1-2H3,(H2,10,11). The molecule has 0 spiro atoms. The van der Waals surface area contributed by atoms with Gasteiger partial charge in [-0.05, 0) is 11.5 Å². The van der Waals surface area contributed by atoms with Crippen LogP contribution in [-0.2, 0) is 0 Å². The van der Waals surface area contributed by atoms with Crippen LogP contribution in [0.3, 0.4) is 0 Å². The van der Waals surface area contributed by atoms with Gasteiger partial charge in [0.15, 0.2) is 16.6 Å². The van der Waals surface area contributed by atoms with E-state index < -0.39 is 6.43 Å². The summed E-state index contributed by atoms with van der Waals surface area (Å²) in [7, 11) is 2.97. The van der Waals surface area contributed by atoms with Gasteiger partial charge in [-0.2, -0.15) is 4.37 Å². The smallest absolute Gasteiger partial charge is 0.255 e. The number of aromatic nitrogens is 1. The topological polar surface area (TPSA) is 51.4 Å². The van der Waals surface area contributed by atoms with Gasteiger partial charge in [-0.25, -0.2) is 8.78 Å². The maximum absolute atomic E-state index is 12.1. The predicted octanol–water partition coefficient (Wildman–Crippen LogP) is 1.44. The fourth-order valence-corrected chi connectivity index (χ4v) is 1.76. The molecule has 0 aliphatic carbocycles. The summed E-state index contributed by atoms with van der Waals surface area (Å²) in [6.45, 7) is -0.363. The summed E-state index contributed by atoms with van der Waals surface area (Å²) >= 11 is 1.04. The number of rotatable bonds is 4. The molecule has 2 N–H and O–H groups in total. The van der Waals surface area contributed by atoms with Crippen LogP contribution in [0.15, 0.2) is 0 Å². The first-order valence-corrected chi connectivity index (χ1v) is 4.62. The van der Waals surface area contributed by atoms with Crippen LogP contribution in [0.1, 0.15) is 0 Å². The third-order valence-corrected chi connectivity index (χ3v) is 2.58. The molecule has 4 nitrogen and oxygen atoms in total. The van der Waals surface area contributed by atoms with Crippen molar-refractivity contribution in [3.8, 4) is 5.75 Å². The Kier molecular flexibility index (Phi) is 3.45. The van der Waals surface area contributed by atoms with Crippen molar-refractivity contribution in [2.45, 2.75) is 6.43 Å². The summed E-state index contributed by atoms with van der Waals surface area (Å²) < 4.78 is 32.9. The monoisotopic (exact) mass is 223 g/mol. The maximum Gasteiger partial charge on any atom is 0.255 e. The quantitative estimate of drug-likeness (QED) is 0.839. The average molecular weight is 223 g/mol. The fourth-order valence-electron chi connectivity index (χ4n) is 1.01. The van der Waals surface area contributed by atoms with Gasteiger partial charge in [-0.15, -0.1) is 0 Å². The Labute approximate surface area is 84.4 Å². The number of hydrogen-bond donors (Lipinski definition) is 1. The number of methoxy groups -OCH3 is 1. The van der Waals surface area contributed by atoms with Gasteiger partial charge < -0.3 is 15.4 Å². The Morgan fingerprint density at radius 1 is 1.64 bits per heavy atom. The van der Waals surface area contributed by atoms with Gasteiger partial charge in [0, 0.05) is 7.05 Å². The average Bonchev–Trinajstić information content (AvgIpc) is 2.45. The molecule has 0 aliphatic rings. The summed E-state index contributed by atoms with van der Waals surface area (Å²) in [6.07, 6.45) is -2.40. The molecule has 0 atom stereocenters. The molecule has 0 aromatic carbocycles. The Morgan fingerprint density at radius 2 is 2.29 bits per heavy atom. The molecule has 7 heteroatoms. The van der Waals surface area contributed by atoms with Gasteiger partial charge in [0.1, 0.15) is 0 Å². The van der Waals surface area contributed by atoms with Crippen molar-refractivity contribution in [2.24, 2.45) is 0 Å². The van der Waals surface area contributed by atoms with Crippen molar-refractivity contribution in [1.29, 1.82) is 0 Å². The molecule has 1 aromatic rings. The van der Waals surface area contributed by atoms with E-state index in [1.54, 1.807) is 7.05 Å². The summed E-state index contributed by atoms with van der Waals surface area (Å²) in [6, 6.07) is 0. The first-order chi connectivity index (χ1) is 6.56. The first kappa shape index (κ1) is 11.0. The molecular formula is C7H11F2N3OS. The summed E-state index contributed by atoms with van der Waals surface area (Å²) in [4.78, 5) is 1.37. The van der Waals surface area contributed by atoms with Gasteiger partial charge in [0.25, 0.3) is 6.43 Å². The van der Waals surface area contributed by atoms with Crippen LogP contribution in [0.4, 0.5) is 19.6 Å². The van der Waals surface area contributed by atoms with Crippen molar-refractivity contribution in [1.82, 2.24) is 4.37 Å². The molecule has 0 radical (unpaired) electrons. The third kappa shape index (κ3) is 2.22. The number of hydrogen-bond acceptors (Lipinski definition) is 5.